The molecule has 3 fully saturated rings. The Balaban J connectivity index is 1.36. The molecular weight excluding hydrogens is 291 g/mol. The molecule has 1 heterocycles. The van der Waals surface area contributed by atoms with Gasteiger partial charge >= 0.3 is 0 Å². The zero-order valence-corrected chi connectivity index (χ0v) is 13.5. The molecule has 1 aliphatic heterocycles. The second kappa shape index (κ2) is 5.90. The lowest BCUT2D eigenvalue weighted by molar-refractivity contribution is -0.136. The number of fused-ring (bicyclic) bond motifs is 2. The third kappa shape index (κ3) is 2.78. The van der Waals surface area contributed by atoms with Crippen molar-refractivity contribution >= 4 is 5.91 Å². The highest BCUT2D eigenvalue weighted by molar-refractivity contribution is 5.81. The van der Waals surface area contributed by atoms with Crippen molar-refractivity contribution in [3.05, 3.63) is 35.6 Å². The summed E-state index contributed by atoms with van der Waals surface area (Å²) in [6, 6.07) is 6.82. The third-order valence-electron chi connectivity index (χ3n) is 6.30. The number of carbonyl (C=O) groups is 1. The van der Waals surface area contributed by atoms with Crippen LogP contribution in [-0.4, -0.2) is 29.9 Å². The predicted molar refractivity (Wildman–Crippen MR) is 87.1 cm³/mol. The average Bonchev–Trinajstić information content (AvgIpc) is 3.25. The molecule has 5 atom stereocenters. The van der Waals surface area contributed by atoms with Crippen molar-refractivity contribution in [1.29, 1.82) is 0 Å². The molecule has 0 spiro atoms. The second-order valence-corrected chi connectivity index (χ2v) is 7.71. The molecule has 3 nitrogen and oxygen atoms in total. The Hall–Kier alpha value is -1.42. The molecule has 1 saturated heterocycles. The van der Waals surface area contributed by atoms with Crippen LogP contribution in [0, 0.1) is 29.5 Å². The van der Waals surface area contributed by atoms with Gasteiger partial charge in [-0.05, 0) is 67.6 Å². The van der Waals surface area contributed by atoms with Crippen molar-refractivity contribution in [3.8, 4) is 0 Å². The first-order valence-electron chi connectivity index (χ1n) is 8.90. The minimum atomic E-state index is -0.192. The van der Waals surface area contributed by atoms with Crippen molar-refractivity contribution < 1.29 is 9.18 Å². The van der Waals surface area contributed by atoms with E-state index in [-0.39, 0.29) is 17.8 Å². The number of benzene rings is 1. The summed E-state index contributed by atoms with van der Waals surface area (Å²) >= 11 is 0. The summed E-state index contributed by atoms with van der Waals surface area (Å²) < 4.78 is 13.0. The Labute approximate surface area is 137 Å². The van der Waals surface area contributed by atoms with Gasteiger partial charge in [0.25, 0.3) is 0 Å². The molecule has 4 rings (SSSR count). The summed E-state index contributed by atoms with van der Waals surface area (Å²) in [4.78, 5) is 14.9. The van der Waals surface area contributed by atoms with Gasteiger partial charge < -0.3 is 10.6 Å². The summed E-state index contributed by atoms with van der Waals surface area (Å²) in [5, 5.41) is 0. The van der Waals surface area contributed by atoms with Crippen molar-refractivity contribution in [2.45, 2.75) is 38.1 Å². The van der Waals surface area contributed by atoms with Crippen LogP contribution in [0.1, 0.15) is 31.2 Å². The summed E-state index contributed by atoms with van der Waals surface area (Å²) in [7, 11) is 0. The number of hydrogen-bond donors (Lipinski definition) is 1. The Kier molecular flexibility index (Phi) is 3.88. The van der Waals surface area contributed by atoms with E-state index in [1.54, 1.807) is 0 Å². The van der Waals surface area contributed by atoms with Gasteiger partial charge in [0.15, 0.2) is 0 Å². The average molecular weight is 316 g/mol. The summed E-state index contributed by atoms with van der Waals surface area (Å²) in [5.41, 5.74) is 7.48. The number of amides is 1. The van der Waals surface area contributed by atoms with Crippen LogP contribution in [0.5, 0.6) is 0 Å². The summed E-state index contributed by atoms with van der Waals surface area (Å²) in [5.74, 6) is 1.76. The van der Waals surface area contributed by atoms with Crippen molar-refractivity contribution in [2.24, 2.45) is 29.4 Å². The van der Waals surface area contributed by atoms with Crippen LogP contribution >= 0.6 is 0 Å². The Morgan fingerprint density at radius 3 is 2.61 bits per heavy atom. The van der Waals surface area contributed by atoms with E-state index in [1.807, 2.05) is 17.0 Å². The topological polar surface area (TPSA) is 46.3 Å². The molecule has 2 N–H and O–H groups in total. The lowest BCUT2D eigenvalue weighted by Crippen LogP contribution is -2.46. The molecule has 2 bridgehead atoms. The van der Waals surface area contributed by atoms with Gasteiger partial charge in [0.2, 0.25) is 5.91 Å². The highest BCUT2D eigenvalue weighted by Gasteiger charge is 2.50. The molecule has 0 radical (unpaired) electrons. The summed E-state index contributed by atoms with van der Waals surface area (Å²) in [6.07, 6.45) is 5.51. The van der Waals surface area contributed by atoms with Gasteiger partial charge in [-0.3, -0.25) is 4.79 Å². The minimum Gasteiger partial charge on any atom is -0.342 e. The fourth-order valence-corrected chi connectivity index (χ4v) is 5.07. The monoisotopic (exact) mass is 316 g/mol. The molecule has 124 valence electrons. The molecule has 1 aromatic rings. The Morgan fingerprint density at radius 1 is 1.17 bits per heavy atom. The fraction of sp³-hybridized carbons (Fsp3) is 0.632. The van der Waals surface area contributed by atoms with Crippen LogP contribution in [0.4, 0.5) is 4.39 Å². The van der Waals surface area contributed by atoms with Gasteiger partial charge in [0.1, 0.15) is 5.82 Å². The first kappa shape index (κ1) is 15.1. The number of halogens is 1. The number of nitrogens with zero attached hydrogens (tertiary/aromatic N) is 1. The van der Waals surface area contributed by atoms with Crippen LogP contribution in [0.15, 0.2) is 24.3 Å². The second-order valence-electron chi connectivity index (χ2n) is 7.71. The zero-order valence-electron chi connectivity index (χ0n) is 13.5. The van der Waals surface area contributed by atoms with Gasteiger partial charge in [-0.15, -0.1) is 0 Å². The standard InChI is InChI=1S/C19H25FN2O/c20-16-5-1-12(2-6-16)9-13-7-8-22(11-13)19(23)17-14-3-4-15(10-14)18(17)21/h1-2,5-6,13-15,17-18H,3-4,7-11,21H2. The SMILES string of the molecule is NC1C2CCC(C2)C1C(=O)N1CCC(Cc2ccc(F)cc2)C1. The van der Waals surface area contributed by atoms with E-state index < -0.39 is 0 Å². The van der Waals surface area contributed by atoms with Gasteiger partial charge in [-0.2, -0.15) is 0 Å². The number of hydrogen-bond acceptors (Lipinski definition) is 2. The lowest BCUT2D eigenvalue weighted by Gasteiger charge is -2.30. The van der Waals surface area contributed by atoms with E-state index in [4.69, 9.17) is 5.73 Å². The van der Waals surface area contributed by atoms with Crippen LogP contribution in [-0.2, 0) is 11.2 Å². The van der Waals surface area contributed by atoms with E-state index in [1.165, 1.54) is 25.0 Å². The predicted octanol–water partition coefficient (Wildman–Crippen LogP) is 2.59. The number of nitrogens with two attached hydrogens (primary N) is 1. The van der Waals surface area contributed by atoms with Gasteiger partial charge in [-0.25, -0.2) is 4.39 Å². The fourth-order valence-electron chi connectivity index (χ4n) is 5.07. The highest BCUT2D eigenvalue weighted by Crippen LogP contribution is 2.48. The van der Waals surface area contributed by atoms with E-state index in [0.29, 0.717) is 23.7 Å². The molecule has 23 heavy (non-hydrogen) atoms. The lowest BCUT2D eigenvalue weighted by atomic mass is 9.84. The number of carbonyl (C=O) groups excluding carboxylic acids is 1. The Morgan fingerprint density at radius 2 is 1.91 bits per heavy atom. The maximum atomic E-state index is 13.0. The van der Waals surface area contributed by atoms with Crippen LogP contribution in [0.3, 0.4) is 0 Å². The quantitative estimate of drug-likeness (QED) is 0.931. The molecule has 0 aromatic heterocycles. The zero-order chi connectivity index (χ0) is 16.0. The largest absolute Gasteiger partial charge is 0.342 e. The van der Waals surface area contributed by atoms with Crippen LogP contribution < -0.4 is 5.73 Å². The van der Waals surface area contributed by atoms with Gasteiger partial charge in [-0.1, -0.05) is 12.1 Å². The minimum absolute atomic E-state index is 0.0679. The van der Waals surface area contributed by atoms with Crippen molar-refractivity contribution in [2.75, 3.05) is 13.1 Å². The van der Waals surface area contributed by atoms with E-state index >= 15 is 0 Å². The van der Waals surface area contributed by atoms with E-state index in [2.05, 4.69) is 0 Å². The number of rotatable bonds is 3. The molecule has 3 aliphatic rings. The smallest absolute Gasteiger partial charge is 0.227 e. The molecule has 2 aliphatic carbocycles. The maximum absolute atomic E-state index is 13.0. The first-order chi connectivity index (χ1) is 11.1. The first-order valence-corrected chi connectivity index (χ1v) is 8.90. The third-order valence-corrected chi connectivity index (χ3v) is 6.30. The highest BCUT2D eigenvalue weighted by atomic mass is 19.1. The normalized spacial score (nSPS) is 35.9. The van der Waals surface area contributed by atoms with E-state index in [0.717, 1.165) is 37.9 Å². The van der Waals surface area contributed by atoms with Gasteiger partial charge in [0.05, 0.1) is 5.92 Å². The van der Waals surface area contributed by atoms with Crippen molar-refractivity contribution in [3.63, 3.8) is 0 Å². The summed E-state index contributed by atoms with van der Waals surface area (Å²) in [6.45, 7) is 1.68. The molecule has 5 unspecified atom stereocenters. The van der Waals surface area contributed by atoms with Gasteiger partial charge in [0, 0.05) is 19.1 Å². The molecular formula is C19H25FN2O. The van der Waals surface area contributed by atoms with Crippen molar-refractivity contribution in [1.82, 2.24) is 4.90 Å². The molecule has 2 saturated carbocycles. The van der Waals surface area contributed by atoms with Crippen LogP contribution in [0.2, 0.25) is 0 Å². The molecule has 1 amide bonds. The number of likely N-dealkylation sites (tertiary alicyclic amines) is 1. The molecule has 1 aromatic carbocycles. The molecule has 4 heteroatoms. The maximum Gasteiger partial charge on any atom is 0.227 e. The Bertz CT molecular complexity index is 586. The van der Waals surface area contributed by atoms with E-state index in [9.17, 15) is 9.18 Å². The van der Waals surface area contributed by atoms with Crippen LogP contribution in [0.25, 0.3) is 0 Å².